The van der Waals surface area contributed by atoms with E-state index in [1.165, 1.54) is 11.1 Å². The normalized spacial score (nSPS) is 12.6. The molecule has 0 radical (unpaired) electrons. The molecule has 0 aliphatic rings. The van der Waals surface area contributed by atoms with Gasteiger partial charge in [0.05, 0.1) is 0 Å². The molecule has 0 fully saturated rings. The predicted molar refractivity (Wildman–Crippen MR) is 81.8 cm³/mol. The van der Waals surface area contributed by atoms with E-state index in [0.717, 1.165) is 18.8 Å². The summed E-state index contributed by atoms with van der Waals surface area (Å²) in [5.41, 5.74) is 9.30. The zero-order chi connectivity index (χ0) is 13.7. The maximum atomic E-state index is 5.84. The highest BCUT2D eigenvalue weighted by atomic mass is 15.1. The van der Waals surface area contributed by atoms with Crippen molar-refractivity contribution in [2.45, 2.75) is 26.4 Å². The van der Waals surface area contributed by atoms with Crippen molar-refractivity contribution in [2.24, 2.45) is 0 Å². The highest BCUT2D eigenvalue weighted by Crippen LogP contribution is 2.22. The second-order valence-corrected chi connectivity index (χ2v) is 4.89. The molecule has 0 spiro atoms. The molecule has 0 amide bonds. The van der Waals surface area contributed by atoms with Crippen LogP contribution in [0.3, 0.4) is 0 Å². The molecule has 19 heavy (non-hydrogen) atoms. The minimum absolute atomic E-state index is 0.410. The van der Waals surface area contributed by atoms with Crippen molar-refractivity contribution in [2.75, 3.05) is 12.3 Å². The van der Waals surface area contributed by atoms with Gasteiger partial charge in [0.15, 0.2) is 0 Å². The first kappa shape index (κ1) is 13.6. The summed E-state index contributed by atoms with van der Waals surface area (Å²) in [6.07, 6.45) is 0. The Morgan fingerprint density at radius 2 is 1.79 bits per heavy atom. The second-order valence-electron chi connectivity index (χ2n) is 4.89. The van der Waals surface area contributed by atoms with E-state index in [4.69, 9.17) is 5.73 Å². The van der Waals surface area contributed by atoms with Gasteiger partial charge in [-0.15, -0.1) is 0 Å². The van der Waals surface area contributed by atoms with Crippen LogP contribution in [0.15, 0.2) is 54.6 Å². The molecule has 0 saturated heterocycles. The quantitative estimate of drug-likeness (QED) is 0.821. The first-order chi connectivity index (χ1) is 9.20. The third-order valence-electron chi connectivity index (χ3n) is 3.57. The zero-order valence-corrected chi connectivity index (χ0v) is 11.7. The van der Waals surface area contributed by atoms with Gasteiger partial charge in [0.25, 0.3) is 0 Å². The van der Waals surface area contributed by atoms with Gasteiger partial charge >= 0.3 is 0 Å². The largest absolute Gasteiger partial charge is 0.399 e. The van der Waals surface area contributed by atoms with Crippen LogP contribution in [-0.2, 0) is 6.54 Å². The van der Waals surface area contributed by atoms with Crippen LogP contribution in [-0.4, -0.2) is 11.4 Å². The Morgan fingerprint density at radius 3 is 2.42 bits per heavy atom. The van der Waals surface area contributed by atoms with E-state index >= 15 is 0 Å². The monoisotopic (exact) mass is 254 g/mol. The second kappa shape index (κ2) is 6.39. The minimum Gasteiger partial charge on any atom is -0.399 e. The Bertz CT molecular complexity index is 508. The zero-order valence-electron chi connectivity index (χ0n) is 11.7. The molecule has 0 bridgehead atoms. The van der Waals surface area contributed by atoms with E-state index in [2.05, 4.69) is 61.2 Å². The standard InChI is InChI=1S/C17H22N2/c1-3-19(13-15-8-7-11-17(18)12-15)14(2)16-9-5-4-6-10-16/h4-12,14H,3,13,18H2,1-2H3. The SMILES string of the molecule is CCN(Cc1cccc(N)c1)C(C)c1ccccc1. The van der Waals surface area contributed by atoms with Gasteiger partial charge < -0.3 is 5.73 Å². The number of nitrogen functional groups attached to an aromatic ring is 1. The highest BCUT2D eigenvalue weighted by Gasteiger charge is 2.14. The molecule has 1 unspecified atom stereocenters. The Kier molecular flexibility index (Phi) is 4.58. The Hall–Kier alpha value is -1.80. The van der Waals surface area contributed by atoms with Gasteiger partial charge in [0.2, 0.25) is 0 Å². The fraction of sp³-hybridized carbons (Fsp3) is 0.294. The number of nitrogens with two attached hydrogens (primary N) is 1. The molecule has 2 nitrogen and oxygen atoms in total. The summed E-state index contributed by atoms with van der Waals surface area (Å²) in [7, 11) is 0. The van der Waals surface area contributed by atoms with E-state index in [1.807, 2.05) is 12.1 Å². The first-order valence-electron chi connectivity index (χ1n) is 6.84. The Balaban J connectivity index is 2.12. The van der Waals surface area contributed by atoms with Crippen molar-refractivity contribution in [3.63, 3.8) is 0 Å². The average Bonchev–Trinajstić information content (AvgIpc) is 2.45. The maximum Gasteiger partial charge on any atom is 0.0323 e. The Morgan fingerprint density at radius 1 is 1.05 bits per heavy atom. The summed E-state index contributed by atoms with van der Waals surface area (Å²) in [6, 6.07) is 19.2. The number of nitrogens with zero attached hydrogens (tertiary/aromatic N) is 1. The van der Waals surface area contributed by atoms with E-state index in [1.54, 1.807) is 0 Å². The molecule has 0 aliphatic heterocycles. The molecule has 0 saturated carbocycles. The molecule has 2 aromatic carbocycles. The van der Waals surface area contributed by atoms with Crippen molar-refractivity contribution < 1.29 is 0 Å². The average molecular weight is 254 g/mol. The number of hydrogen-bond donors (Lipinski definition) is 1. The van der Waals surface area contributed by atoms with Gasteiger partial charge in [-0.05, 0) is 36.7 Å². The third-order valence-corrected chi connectivity index (χ3v) is 3.57. The fourth-order valence-electron chi connectivity index (χ4n) is 2.39. The lowest BCUT2D eigenvalue weighted by Gasteiger charge is -2.28. The van der Waals surface area contributed by atoms with Crippen LogP contribution in [0.25, 0.3) is 0 Å². The lowest BCUT2D eigenvalue weighted by Crippen LogP contribution is -2.26. The van der Waals surface area contributed by atoms with E-state index in [-0.39, 0.29) is 0 Å². The summed E-state index contributed by atoms with van der Waals surface area (Å²) in [5.74, 6) is 0. The van der Waals surface area contributed by atoms with Crippen LogP contribution in [0.2, 0.25) is 0 Å². The predicted octanol–water partition coefficient (Wildman–Crippen LogP) is 3.85. The molecule has 2 rings (SSSR count). The molecule has 100 valence electrons. The molecule has 2 N–H and O–H groups in total. The van der Waals surface area contributed by atoms with Crippen LogP contribution >= 0.6 is 0 Å². The molecule has 2 heteroatoms. The van der Waals surface area contributed by atoms with Crippen molar-refractivity contribution in [3.05, 3.63) is 65.7 Å². The molecular formula is C17H22N2. The molecule has 0 aliphatic carbocycles. The van der Waals surface area contributed by atoms with Gasteiger partial charge in [0, 0.05) is 18.3 Å². The Labute approximate surface area is 115 Å². The number of hydrogen-bond acceptors (Lipinski definition) is 2. The van der Waals surface area contributed by atoms with Crippen molar-refractivity contribution in [3.8, 4) is 0 Å². The molecule has 0 heterocycles. The topological polar surface area (TPSA) is 29.3 Å². The highest BCUT2D eigenvalue weighted by molar-refractivity contribution is 5.40. The van der Waals surface area contributed by atoms with Crippen molar-refractivity contribution in [1.29, 1.82) is 0 Å². The van der Waals surface area contributed by atoms with Crippen LogP contribution in [0, 0.1) is 0 Å². The van der Waals surface area contributed by atoms with Gasteiger partial charge in [-0.1, -0.05) is 49.4 Å². The lowest BCUT2D eigenvalue weighted by atomic mass is 10.1. The van der Waals surface area contributed by atoms with E-state index < -0.39 is 0 Å². The summed E-state index contributed by atoms with van der Waals surface area (Å²) in [6.45, 7) is 6.40. The van der Waals surface area contributed by atoms with Crippen LogP contribution in [0.5, 0.6) is 0 Å². The summed E-state index contributed by atoms with van der Waals surface area (Å²) >= 11 is 0. The number of rotatable bonds is 5. The van der Waals surface area contributed by atoms with Crippen molar-refractivity contribution in [1.82, 2.24) is 4.90 Å². The third kappa shape index (κ3) is 3.58. The molecular weight excluding hydrogens is 232 g/mol. The molecule has 1 atom stereocenters. The summed E-state index contributed by atoms with van der Waals surface area (Å²) in [4.78, 5) is 2.45. The fourth-order valence-corrected chi connectivity index (χ4v) is 2.39. The van der Waals surface area contributed by atoms with E-state index in [0.29, 0.717) is 6.04 Å². The summed E-state index contributed by atoms with van der Waals surface area (Å²) < 4.78 is 0. The number of anilines is 1. The van der Waals surface area contributed by atoms with Crippen molar-refractivity contribution >= 4 is 5.69 Å². The van der Waals surface area contributed by atoms with Gasteiger partial charge in [-0.2, -0.15) is 0 Å². The van der Waals surface area contributed by atoms with E-state index in [9.17, 15) is 0 Å². The number of benzene rings is 2. The smallest absolute Gasteiger partial charge is 0.0323 e. The maximum absolute atomic E-state index is 5.84. The first-order valence-corrected chi connectivity index (χ1v) is 6.84. The summed E-state index contributed by atoms with van der Waals surface area (Å²) in [5, 5.41) is 0. The van der Waals surface area contributed by atoms with Crippen LogP contribution < -0.4 is 5.73 Å². The minimum atomic E-state index is 0.410. The van der Waals surface area contributed by atoms with Crippen LogP contribution in [0.4, 0.5) is 5.69 Å². The van der Waals surface area contributed by atoms with Gasteiger partial charge in [-0.25, -0.2) is 0 Å². The van der Waals surface area contributed by atoms with Crippen LogP contribution in [0.1, 0.15) is 31.0 Å². The lowest BCUT2D eigenvalue weighted by molar-refractivity contribution is 0.213. The van der Waals surface area contributed by atoms with Gasteiger partial charge in [0.1, 0.15) is 0 Å². The molecule has 2 aromatic rings. The van der Waals surface area contributed by atoms with Gasteiger partial charge in [-0.3, -0.25) is 4.90 Å². The molecule has 0 aromatic heterocycles.